The predicted molar refractivity (Wildman–Crippen MR) is 72.2 cm³/mol. The molecule has 1 fully saturated rings. The van der Waals surface area contributed by atoms with Crippen molar-refractivity contribution < 1.29 is 9.59 Å². The van der Waals surface area contributed by atoms with Crippen LogP contribution < -0.4 is 5.32 Å². The number of carbonyl (C=O) groups is 2. The zero-order valence-corrected chi connectivity index (χ0v) is 11.7. The number of carbonyl (C=O) groups excluding carboxylic acids is 2. The third-order valence-corrected chi connectivity index (χ3v) is 3.40. The van der Waals surface area contributed by atoms with E-state index in [1.165, 1.54) is 4.90 Å². The largest absolute Gasteiger partial charge is 0.314 e. The van der Waals surface area contributed by atoms with Gasteiger partial charge in [-0.3, -0.25) is 14.5 Å². The van der Waals surface area contributed by atoms with Crippen LogP contribution in [0.15, 0.2) is 0 Å². The predicted octanol–water partition coefficient (Wildman–Crippen LogP) is 2.08. The number of piperidine rings is 1. The van der Waals surface area contributed by atoms with E-state index in [1.54, 1.807) is 0 Å². The van der Waals surface area contributed by atoms with Crippen LogP contribution in [0.1, 0.15) is 58.8 Å². The van der Waals surface area contributed by atoms with Gasteiger partial charge in [-0.15, -0.1) is 0 Å². The van der Waals surface area contributed by atoms with E-state index in [1.807, 2.05) is 0 Å². The smallest absolute Gasteiger partial charge is 0.229 e. The maximum atomic E-state index is 11.6. The van der Waals surface area contributed by atoms with E-state index in [0.29, 0.717) is 25.4 Å². The van der Waals surface area contributed by atoms with Crippen LogP contribution in [0.25, 0.3) is 0 Å². The van der Waals surface area contributed by atoms with Gasteiger partial charge in [-0.1, -0.05) is 13.3 Å². The number of rotatable bonds is 8. The Balaban J connectivity index is 2.13. The fraction of sp³-hybridized carbons (Fsp3) is 0.857. The number of amides is 2. The highest BCUT2D eigenvalue weighted by Gasteiger charge is 2.24. The van der Waals surface area contributed by atoms with Crippen molar-refractivity contribution in [3.05, 3.63) is 0 Å². The van der Waals surface area contributed by atoms with Crippen molar-refractivity contribution in [3.63, 3.8) is 0 Å². The molecule has 0 aromatic carbocycles. The molecule has 0 aromatic heterocycles. The van der Waals surface area contributed by atoms with Crippen LogP contribution in [-0.4, -0.2) is 35.8 Å². The zero-order chi connectivity index (χ0) is 13.4. The van der Waals surface area contributed by atoms with E-state index >= 15 is 0 Å². The van der Waals surface area contributed by atoms with Crippen molar-refractivity contribution in [1.29, 1.82) is 0 Å². The third-order valence-electron chi connectivity index (χ3n) is 3.40. The van der Waals surface area contributed by atoms with E-state index in [-0.39, 0.29) is 11.8 Å². The second kappa shape index (κ2) is 8.25. The Morgan fingerprint density at radius 3 is 2.50 bits per heavy atom. The summed E-state index contributed by atoms with van der Waals surface area (Å²) in [4.78, 5) is 24.6. The van der Waals surface area contributed by atoms with Gasteiger partial charge in [0.2, 0.25) is 11.8 Å². The van der Waals surface area contributed by atoms with Crippen molar-refractivity contribution >= 4 is 11.8 Å². The molecule has 1 aliphatic heterocycles. The topological polar surface area (TPSA) is 49.4 Å². The molecule has 18 heavy (non-hydrogen) atoms. The van der Waals surface area contributed by atoms with Gasteiger partial charge in [0.15, 0.2) is 0 Å². The summed E-state index contributed by atoms with van der Waals surface area (Å²) >= 11 is 0. The van der Waals surface area contributed by atoms with Crippen molar-refractivity contribution in [3.8, 4) is 0 Å². The van der Waals surface area contributed by atoms with Gasteiger partial charge in [0.25, 0.3) is 0 Å². The minimum absolute atomic E-state index is 0.0170. The molecule has 0 spiro atoms. The molecule has 104 valence electrons. The van der Waals surface area contributed by atoms with Crippen LogP contribution in [0, 0.1) is 0 Å². The van der Waals surface area contributed by atoms with Crippen molar-refractivity contribution in [1.82, 2.24) is 10.2 Å². The highest BCUT2D eigenvalue weighted by Crippen LogP contribution is 2.13. The Morgan fingerprint density at radius 1 is 1.22 bits per heavy atom. The molecule has 0 aromatic rings. The monoisotopic (exact) mass is 254 g/mol. The maximum absolute atomic E-state index is 11.6. The quantitative estimate of drug-likeness (QED) is 0.533. The SMILES string of the molecule is CCCNC(C)CCCCN1C(=O)CCCC1=O. The molecule has 2 amide bonds. The van der Waals surface area contributed by atoms with Gasteiger partial charge in [0.05, 0.1) is 0 Å². The number of imide groups is 1. The van der Waals surface area contributed by atoms with Crippen LogP contribution in [-0.2, 0) is 9.59 Å². The lowest BCUT2D eigenvalue weighted by Crippen LogP contribution is -2.40. The number of hydrogen-bond acceptors (Lipinski definition) is 3. The Labute approximate surface area is 110 Å². The van der Waals surface area contributed by atoms with Gasteiger partial charge in [-0.25, -0.2) is 0 Å². The average Bonchev–Trinajstić information content (AvgIpc) is 2.35. The van der Waals surface area contributed by atoms with Gasteiger partial charge in [0, 0.05) is 25.4 Å². The fourth-order valence-corrected chi connectivity index (χ4v) is 2.26. The molecule has 1 rings (SSSR count). The van der Waals surface area contributed by atoms with Crippen molar-refractivity contribution in [2.45, 2.75) is 64.8 Å². The molecule has 4 nitrogen and oxygen atoms in total. The average molecular weight is 254 g/mol. The molecule has 0 bridgehead atoms. The number of likely N-dealkylation sites (tertiary alicyclic amines) is 1. The van der Waals surface area contributed by atoms with Gasteiger partial charge >= 0.3 is 0 Å². The summed E-state index contributed by atoms with van der Waals surface area (Å²) in [5, 5.41) is 3.44. The van der Waals surface area contributed by atoms with Crippen LogP contribution >= 0.6 is 0 Å². The van der Waals surface area contributed by atoms with E-state index in [2.05, 4.69) is 19.2 Å². The van der Waals surface area contributed by atoms with E-state index < -0.39 is 0 Å². The summed E-state index contributed by atoms with van der Waals surface area (Å²) in [6.45, 7) is 6.02. The number of nitrogens with one attached hydrogen (secondary N) is 1. The molecule has 1 heterocycles. The molecular weight excluding hydrogens is 228 g/mol. The fourth-order valence-electron chi connectivity index (χ4n) is 2.26. The molecule has 4 heteroatoms. The Hall–Kier alpha value is -0.900. The summed E-state index contributed by atoms with van der Waals surface area (Å²) in [5.74, 6) is 0.0341. The van der Waals surface area contributed by atoms with E-state index in [4.69, 9.17) is 0 Å². The summed E-state index contributed by atoms with van der Waals surface area (Å²) in [6, 6.07) is 0.526. The third kappa shape index (κ3) is 5.17. The summed E-state index contributed by atoms with van der Waals surface area (Å²) in [5.41, 5.74) is 0. The number of unbranched alkanes of at least 4 members (excludes halogenated alkanes) is 1. The van der Waals surface area contributed by atoms with Gasteiger partial charge in [0.1, 0.15) is 0 Å². The molecule has 1 N–H and O–H groups in total. The Bertz CT molecular complexity index is 263. The molecule has 1 atom stereocenters. The van der Waals surface area contributed by atoms with Crippen LogP contribution in [0.2, 0.25) is 0 Å². The first-order chi connectivity index (χ1) is 8.65. The molecule has 1 aliphatic rings. The molecule has 0 radical (unpaired) electrons. The van der Waals surface area contributed by atoms with E-state index in [9.17, 15) is 9.59 Å². The molecule has 0 saturated carbocycles. The highest BCUT2D eigenvalue weighted by molar-refractivity contribution is 5.97. The summed E-state index contributed by atoms with van der Waals surface area (Å²) in [7, 11) is 0. The minimum atomic E-state index is 0.0170. The summed E-state index contributed by atoms with van der Waals surface area (Å²) < 4.78 is 0. The lowest BCUT2D eigenvalue weighted by atomic mass is 10.1. The molecule has 1 saturated heterocycles. The first kappa shape index (κ1) is 15.2. The first-order valence-electron chi connectivity index (χ1n) is 7.21. The van der Waals surface area contributed by atoms with Crippen molar-refractivity contribution in [2.24, 2.45) is 0 Å². The molecule has 0 aliphatic carbocycles. The maximum Gasteiger partial charge on any atom is 0.229 e. The van der Waals surface area contributed by atoms with E-state index in [0.717, 1.165) is 38.6 Å². The van der Waals surface area contributed by atoms with Crippen LogP contribution in [0.4, 0.5) is 0 Å². The second-order valence-electron chi connectivity index (χ2n) is 5.14. The lowest BCUT2D eigenvalue weighted by Gasteiger charge is -2.25. The zero-order valence-electron chi connectivity index (χ0n) is 11.7. The van der Waals surface area contributed by atoms with Gasteiger partial charge in [-0.2, -0.15) is 0 Å². The van der Waals surface area contributed by atoms with Gasteiger partial charge < -0.3 is 5.32 Å². The molecule has 1 unspecified atom stereocenters. The normalized spacial score (nSPS) is 18.2. The van der Waals surface area contributed by atoms with Crippen LogP contribution in [0.5, 0.6) is 0 Å². The van der Waals surface area contributed by atoms with Gasteiger partial charge in [-0.05, 0) is 39.2 Å². The molecular formula is C14H26N2O2. The van der Waals surface area contributed by atoms with Crippen molar-refractivity contribution in [2.75, 3.05) is 13.1 Å². The van der Waals surface area contributed by atoms with Crippen LogP contribution in [0.3, 0.4) is 0 Å². The lowest BCUT2D eigenvalue weighted by molar-refractivity contribution is -0.147. The second-order valence-corrected chi connectivity index (χ2v) is 5.14. The number of hydrogen-bond donors (Lipinski definition) is 1. The highest BCUT2D eigenvalue weighted by atomic mass is 16.2. The number of nitrogens with zero attached hydrogens (tertiary/aromatic N) is 1. The standard InChI is InChI=1S/C14H26N2O2/c1-3-10-15-12(2)7-4-5-11-16-13(17)8-6-9-14(16)18/h12,15H,3-11H2,1-2H3. The minimum Gasteiger partial charge on any atom is -0.314 e. The Kier molecular flexibility index (Phi) is 6.94. The summed E-state index contributed by atoms with van der Waals surface area (Å²) in [6.07, 6.45) is 6.06. The first-order valence-corrected chi connectivity index (χ1v) is 7.21. The Morgan fingerprint density at radius 2 is 1.89 bits per heavy atom.